The number of methoxy groups -OCH3 is 1. The van der Waals surface area contributed by atoms with E-state index in [4.69, 9.17) is 14.2 Å². The van der Waals surface area contributed by atoms with E-state index in [0.717, 1.165) is 105 Å². The molecule has 0 spiro atoms. The van der Waals surface area contributed by atoms with Crippen molar-refractivity contribution in [1.29, 1.82) is 0 Å². The molecule has 0 heterocycles. The number of carbonyl (C=O) groups excluding carboxylic acids is 2. The van der Waals surface area contributed by atoms with Crippen LogP contribution in [0, 0.1) is 0 Å². The number of rotatable bonds is 19. The van der Waals surface area contributed by atoms with E-state index in [0.29, 0.717) is 46.6 Å². The van der Waals surface area contributed by atoms with Gasteiger partial charge in [-0.15, -0.1) is 12.4 Å². The minimum atomic E-state index is -0.0314. The summed E-state index contributed by atoms with van der Waals surface area (Å²) < 4.78 is 17.3. The van der Waals surface area contributed by atoms with E-state index >= 15 is 0 Å². The first-order valence-electron chi connectivity index (χ1n) is 26.5. The zero-order valence-electron chi connectivity index (χ0n) is 45.5. The van der Waals surface area contributed by atoms with Crippen molar-refractivity contribution in [2.75, 3.05) is 40.1 Å². The number of fused-ring (bicyclic) bond motifs is 4. The summed E-state index contributed by atoms with van der Waals surface area (Å²) in [7, 11) is 1.52. The van der Waals surface area contributed by atoms with Crippen LogP contribution >= 0.6 is 28.3 Å². The van der Waals surface area contributed by atoms with Gasteiger partial charge in [0.1, 0.15) is 29.6 Å². The Hall–Kier alpha value is -7.57. The molecule has 0 bridgehead atoms. The molecule has 0 aliphatic rings. The summed E-state index contributed by atoms with van der Waals surface area (Å²) in [5.41, 5.74) is 8.49. The smallest absolute Gasteiger partial charge is 0.188 e. The number of aldehydes is 2. The lowest BCUT2D eigenvalue weighted by molar-refractivity contribution is 0.0510. The van der Waals surface area contributed by atoms with Crippen molar-refractivity contribution in [3.63, 3.8) is 0 Å². The second-order valence-electron chi connectivity index (χ2n) is 18.9. The topological polar surface area (TPSA) is 109 Å². The normalized spacial score (nSPS) is 11.0. The van der Waals surface area contributed by atoms with Crippen molar-refractivity contribution >= 4 is 84.0 Å². The first kappa shape index (κ1) is 59.1. The van der Waals surface area contributed by atoms with Gasteiger partial charge in [-0.25, -0.2) is 0 Å². The third-order valence-corrected chi connectivity index (χ3v) is 14.7. The maximum absolute atomic E-state index is 11.9. The Labute approximate surface area is 478 Å². The lowest BCUT2D eigenvalue weighted by atomic mass is 9.90. The van der Waals surface area contributed by atoms with Gasteiger partial charge in [-0.3, -0.25) is 19.4 Å². The standard InChI is InChI=1S/C33H31NO3.C23H18O4.C12H18BrN.ClH/c1-3-34(4-2)20-23-10-9-11-24(18-23)22-37-30-17-16-25-12-5-7-14-28(25)31(30)32-29-15-8-6-13-26(29)19-27(21-35)33(32)36;1-26-14-27-23-17(13-24)12-16-7-3-5-9-19(16)22(23)21-18-8-4-2-6-15(18)10-11-20(21)25;1-3-14(4-2)10-12-7-5-6-11(8-12)9-13;/h5-19,21,36H,3-4,20,22H2,1-2H3;2-13,25H,14H2,1H3;5-8H,3-4,9-10H2,1-2H3;1H. The van der Waals surface area contributed by atoms with Crippen molar-refractivity contribution in [3.05, 3.63) is 215 Å². The fourth-order valence-corrected chi connectivity index (χ4v) is 10.4. The highest BCUT2D eigenvalue weighted by atomic mass is 79.9. The molecule has 10 aromatic rings. The van der Waals surface area contributed by atoms with Crippen LogP contribution < -0.4 is 9.47 Å². The van der Waals surface area contributed by atoms with Gasteiger partial charge in [0, 0.05) is 47.8 Å². The van der Waals surface area contributed by atoms with Crippen LogP contribution in [0.25, 0.3) is 65.3 Å². The van der Waals surface area contributed by atoms with Crippen LogP contribution in [0.4, 0.5) is 0 Å². The summed E-state index contributed by atoms with van der Waals surface area (Å²) in [6.45, 7) is 15.4. The molecule has 0 aromatic heterocycles. The predicted molar refractivity (Wildman–Crippen MR) is 331 cm³/mol. The van der Waals surface area contributed by atoms with Crippen molar-refractivity contribution in [2.45, 2.75) is 52.7 Å². The van der Waals surface area contributed by atoms with Crippen molar-refractivity contribution in [3.8, 4) is 45.3 Å². The zero-order valence-corrected chi connectivity index (χ0v) is 47.9. The Morgan fingerprint density at radius 1 is 0.468 bits per heavy atom. The number of alkyl halides is 1. The van der Waals surface area contributed by atoms with E-state index in [-0.39, 0.29) is 36.3 Å². The Kier molecular flexibility index (Phi) is 21.6. The Morgan fingerprint density at radius 3 is 1.46 bits per heavy atom. The molecular formula is C68H68BrClN2O7. The van der Waals surface area contributed by atoms with Gasteiger partial charge in [-0.1, -0.05) is 201 Å². The molecule has 2 N–H and O–H groups in total. The van der Waals surface area contributed by atoms with Crippen molar-refractivity contribution in [2.24, 2.45) is 0 Å². The molecule has 0 unspecified atom stereocenters. The van der Waals surface area contributed by atoms with E-state index < -0.39 is 0 Å². The molecule has 10 rings (SSSR count). The van der Waals surface area contributed by atoms with Gasteiger partial charge < -0.3 is 24.4 Å². The number of hydrogen-bond donors (Lipinski definition) is 2. The van der Waals surface area contributed by atoms with Crippen LogP contribution in [0.5, 0.6) is 23.0 Å². The average molecular weight is 1140 g/mol. The van der Waals surface area contributed by atoms with Gasteiger partial charge in [-0.2, -0.15) is 0 Å². The molecule has 9 nitrogen and oxygen atoms in total. The molecule has 0 saturated heterocycles. The molecule has 0 atom stereocenters. The van der Waals surface area contributed by atoms with E-state index in [1.807, 2.05) is 115 Å². The molecule has 79 heavy (non-hydrogen) atoms. The minimum Gasteiger partial charge on any atom is -0.507 e. The first-order valence-corrected chi connectivity index (χ1v) is 27.6. The molecule has 0 amide bonds. The highest BCUT2D eigenvalue weighted by Gasteiger charge is 2.23. The van der Waals surface area contributed by atoms with Gasteiger partial charge in [-0.05, 0) is 116 Å². The molecule has 0 aliphatic heterocycles. The fourth-order valence-electron chi connectivity index (χ4n) is 10.0. The monoisotopic (exact) mass is 1140 g/mol. The number of halogens is 2. The number of hydrogen-bond acceptors (Lipinski definition) is 9. The maximum atomic E-state index is 11.9. The number of nitrogens with zero attached hydrogens (tertiary/aromatic N) is 2. The first-order chi connectivity index (χ1) is 38.2. The van der Waals surface area contributed by atoms with Crippen LogP contribution in [0.2, 0.25) is 0 Å². The maximum Gasteiger partial charge on any atom is 0.188 e. The molecule has 0 saturated carbocycles. The number of benzene rings is 10. The van der Waals surface area contributed by atoms with E-state index in [1.165, 1.54) is 23.8 Å². The second-order valence-corrected chi connectivity index (χ2v) is 19.5. The van der Waals surface area contributed by atoms with Gasteiger partial charge >= 0.3 is 0 Å². The molecule has 0 fully saturated rings. The third kappa shape index (κ3) is 14.0. The lowest BCUT2D eigenvalue weighted by Crippen LogP contribution is -2.22. The van der Waals surface area contributed by atoms with E-state index in [1.54, 1.807) is 18.2 Å². The van der Waals surface area contributed by atoms with Crippen LogP contribution in [0.15, 0.2) is 182 Å². The Balaban J connectivity index is 0.000000188. The van der Waals surface area contributed by atoms with Crippen molar-refractivity contribution in [1.82, 2.24) is 9.80 Å². The molecule has 0 radical (unpaired) electrons. The Bertz CT molecular complexity index is 3670. The Morgan fingerprint density at radius 2 is 0.924 bits per heavy atom. The highest BCUT2D eigenvalue weighted by molar-refractivity contribution is 9.08. The zero-order chi connectivity index (χ0) is 55.0. The summed E-state index contributed by atoms with van der Waals surface area (Å²) in [5, 5.41) is 30.4. The summed E-state index contributed by atoms with van der Waals surface area (Å²) in [4.78, 5) is 28.5. The average Bonchev–Trinajstić information content (AvgIpc) is 3.66. The minimum absolute atomic E-state index is 0. The SMILES string of the molecule is CCN(CC)Cc1cccc(CBr)c1.CCN(CC)Cc1cccc(COc2ccc3ccccc3c2-c2c(O)c(C=O)cc3ccccc23)c1.COCOc1c(C=O)cc2ccccc2c1-c1c(O)ccc2ccccc12.Cl. The molecule has 0 aliphatic carbocycles. The summed E-state index contributed by atoms with van der Waals surface area (Å²) in [6.07, 6.45) is 1.47. The van der Waals surface area contributed by atoms with E-state index in [9.17, 15) is 19.8 Å². The van der Waals surface area contributed by atoms with Crippen molar-refractivity contribution < 1.29 is 34.0 Å². The summed E-state index contributed by atoms with van der Waals surface area (Å²) in [5.74, 6) is 1.16. The van der Waals surface area contributed by atoms with Gasteiger partial charge in [0.2, 0.25) is 0 Å². The van der Waals surface area contributed by atoms with Gasteiger partial charge in [0.25, 0.3) is 0 Å². The fraction of sp³-hybridized carbons (Fsp3) is 0.206. The summed E-state index contributed by atoms with van der Waals surface area (Å²) >= 11 is 3.48. The largest absolute Gasteiger partial charge is 0.507 e. The summed E-state index contributed by atoms with van der Waals surface area (Å²) in [6, 6.07) is 59.7. The highest BCUT2D eigenvalue weighted by Crippen LogP contribution is 2.48. The quantitative estimate of drug-likeness (QED) is 0.0465. The predicted octanol–water partition coefficient (Wildman–Crippen LogP) is 16.6. The number of phenols is 2. The number of aromatic hydroxyl groups is 2. The van der Waals surface area contributed by atoms with Gasteiger partial charge in [0.15, 0.2) is 19.4 Å². The van der Waals surface area contributed by atoms with Crippen LogP contribution in [0.1, 0.15) is 70.7 Å². The van der Waals surface area contributed by atoms with E-state index in [2.05, 4.69) is 102 Å². The van der Waals surface area contributed by atoms with Crippen LogP contribution in [-0.2, 0) is 29.8 Å². The number of ether oxygens (including phenoxy) is 3. The molecule has 11 heteroatoms. The van der Waals surface area contributed by atoms with Crippen LogP contribution in [-0.4, -0.2) is 72.7 Å². The molecule has 10 aromatic carbocycles. The molecular weight excluding hydrogens is 1070 g/mol. The lowest BCUT2D eigenvalue weighted by Gasteiger charge is -2.19. The second kappa shape index (κ2) is 28.9. The van der Waals surface area contributed by atoms with Crippen LogP contribution in [0.3, 0.4) is 0 Å². The molecule has 406 valence electrons. The van der Waals surface area contributed by atoms with Gasteiger partial charge in [0.05, 0.1) is 11.1 Å². The third-order valence-electron chi connectivity index (χ3n) is 14.1. The number of carbonyl (C=O) groups is 2. The number of phenolic OH excluding ortho intramolecular Hbond substituents is 2.